The minimum absolute atomic E-state index is 0.137. The molecule has 2 rings (SSSR count). The molecule has 6 heteroatoms. The normalized spacial score (nSPS) is 11.8. The summed E-state index contributed by atoms with van der Waals surface area (Å²) in [4.78, 5) is 9.84. The smallest absolute Gasteiger partial charge is 0.304 e. The van der Waals surface area contributed by atoms with E-state index in [1.54, 1.807) is 7.11 Å². The number of para-hydroxylation sites is 1. The fourth-order valence-corrected chi connectivity index (χ4v) is 2.10. The lowest BCUT2D eigenvalue weighted by atomic mass is 10.1. The van der Waals surface area contributed by atoms with Crippen LogP contribution >= 0.6 is 0 Å². The monoisotopic (exact) mass is 290 g/mol. The van der Waals surface area contributed by atoms with E-state index in [4.69, 9.17) is 4.74 Å². The number of nitro benzene ring substituents is 1. The molecule has 0 amide bonds. The van der Waals surface area contributed by atoms with E-state index in [-0.39, 0.29) is 6.04 Å². The van der Waals surface area contributed by atoms with Gasteiger partial charge in [-0.15, -0.1) is 0 Å². The number of rotatable bonds is 5. The van der Waals surface area contributed by atoms with Crippen molar-refractivity contribution in [1.29, 1.82) is 0 Å². The molecular weight excluding hydrogens is 275 g/mol. The van der Waals surface area contributed by atoms with Gasteiger partial charge in [0.05, 0.1) is 18.1 Å². The molecule has 2 aromatic carbocycles. The summed E-state index contributed by atoms with van der Waals surface area (Å²) in [5.74, 6) is -0.142. The van der Waals surface area contributed by atoms with Crippen LogP contribution in [0.1, 0.15) is 18.5 Å². The Balaban J connectivity index is 2.21. The lowest BCUT2D eigenvalue weighted by Gasteiger charge is -2.18. The van der Waals surface area contributed by atoms with Gasteiger partial charge in [-0.2, -0.15) is 4.39 Å². The highest BCUT2D eigenvalue weighted by atomic mass is 19.1. The van der Waals surface area contributed by atoms with Crippen LogP contribution in [-0.4, -0.2) is 12.0 Å². The summed E-state index contributed by atoms with van der Waals surface area (Å²) in [5.41, 5.74) is 0.848. The Kier molecular flexibility index (Phi) is 4.37. The van der Waals surface area contributed by atoms with Gasteiger partial charge in [0.25, 0.3) is 0 Å². The van der Waals surface area contributed by atoms with Crippen molar-refractivity contribution in [3.05, 3.63) is 64.0 Å². The quantitative estimate of drug-likeness (QED) is 0.669. The summed E-state index contributed by atoms with van der Waals surface area (Å²) in [7, 11) is 1.58. The van der Waals surface area contributed by atoms with Crippen molar-refractivity contribution in [3.8, 4) is 5.75 Å². The molecule has 0 heterocycles. The van der Waals surface area contributed by atoms with Crippen LogP contribution in [0, 0.1) is 15.9 Å². The minimum atomic E-state index is -0.864. The maximum Gasteiger partial charge on any atom is 0.304 e. The summed E-state index contributed by atoms with van der Waals surface area (Å²) >= 11 is 0. The average Bonchev–Trinajstić information content (AvgIpc) is 2.46. The second-order valence-electron chi connectivity index (χ2n) is 4.53. The molecule has 1 atom stereocenters. The highest BCUT2D eigenvalue weighted by Crippen LogP contribution is 2.28. The van der Waals surface area contributed by atoms with E-state index < -0.39 is 16.4 Å². The first kappa shape index (κ1) is 14.8. The topological polar surface area (TPSA) is 64.4 Å². The van der Waals surface area contributed by atoms with Crippen molar-refractivity contribution in [2.75, 3.05) is 12.4 Å². The Hall–Kier alpha value is -2.63. The Morgan fingerprint density at radius 3 is 2.62 bits per heavy atom. The van der Waals surface area contributed by atoms with Crippen molar-refractivity contribution in [3.63, 3.8) is 0 Å². The van der Waals surface area contributed by atoms with Crippen molar-refractivity contribution < 1.29 is 14.1 Å². The largest absolute Gasteiger partial charge is 0.496 e. The van der Waals surface area contributed by atoms with Gasteiger partial charge in [-0.3, -0.25) is 10.1 Å². The van der Waals surface area contributed by atoms with Gasteiger partial charge < -0.3 is 10.1 Å². The number of anilines is 1. The summed E-state index contributed by atoms with van der Waals surface area (Å²) in [5, 5.41) is 13.7. The third-order valence-corrected chi connectivity index (χ3v) is 3.13. The van der Waals surface area contributed by atoms with Crippen molar-refractivity contribution >= 4 is 11.4 Å². The van der Waals surface area contributed by atoms with Gasteiger partial charge in [-0.1, -0.05) is 18.2 Å². The van der Waals surface area contributed by atoms with Gasteiger partial charge >= 0.3 is 5.69 Å². The molecule has 5 nitrogen and oxygen atoms in total. The van der Waals surface area contributed by atoms with Gasteiger partial charge in [0.15, 0.2) is 0 Å². The summed E-state index contributed by atoms with van der Waals surface area (Å²) in [6, 6.07) is 11.1. The molecule has 1 unspecified atom stereocenters. The second-order valence-corrected chi connectivity index (χ2v) is 4.53. The van der Waals surface area contributed by atoms with Crippen LogP contribution < -0.4 is 10.1 Å². The number of methoxy groups -OCH3 is 1. The van der Waals surface area contributed by atoms with Crippen LogP contribution in [0.25, 0.3) is 0 Å². The first-order valence-electron chi connectivity index (χ1n) is 6.36. The second kappa shape index (κ2) is 6.21. The van der Waals surface area contributed by atoms with Gasteiger partial charge in [0, 0.05) is 23.4 Å². The van der Waals surface area contributed by atoms with Gasteiger partial charge in [-0.25, -0.2) is 0 Å². The fraction of sp³-hybridized carbons (Fsp3) is 0.200. The van der Waals surface area contributed by atoms with Gasteiger partial charge in [-0.05, 0) is 19.1 Å². The highest BCUT2D eigenvalue weighted by molar-refractivity contribution is 5.52. The summed E-state index contributed by atoms with van der Waals surface area (Å²) in [6.45, 7) is 1.90. The number of hydrogen-bond donors (Lipinski definition) is 1. The average molecular weight is 290 g/mol. The molecule has 21 heavy (non-hydrogen) atoms. The van der Waals surface area contributed by atoms with E-state index in [2.05, 4.69) is 5.32 Å². The summed E-state index contributed by atoms with van der Waals surface area (Å²) in [6.07, 6.45) is 0. The van der Waals surface area contributed by atoms with E-state index in [1.165, 1.54) is 6.07 Å². The molecule has 2 aromatic rings. The first-order valence-corrected chi connectivity index (χ1v) is 6.36. The zero-order valence-corrected chi connectivity index (χ0v) is 11.7. The maximum absolute atomic E-state index is 13.6. The molecular formula is C15H15FN2O3. The zero-order valence-electron chi connectivity index (χ0n) is 11.7. The molecule has 0 radical (unpaired) electrons. The van der Waals surface area contributed by atoms with Crippen LogP contribution in [0.5, 0.6) is 5.75 Å². The van der Waals surface area contributed by atoms with E-state index >= 15 is 0 Å². The number of hydrogen-bond acceptors (Lipinski definition) is 4. The van der Waals surface area contributed by atoms with Crippen molar-refractivity contribution in [2.24, 2.45) is 0 Å². The Morgan fingerprint density at radius 2 is 2.00 bits per heavy atom. The van der Waals surface area contributed by atoms with E-state index in [0.717, 1.165) is 23.4 Å². The lowest BCUT2D eigenvalue weighted by Crippen LogP contribution is -2.08. The number of nitro groups is 1. The summed E-state index contributed by atoms with van der Waals surface area (Å²) < 4.78 is 18.9. The molecule has 0 fully saturated rings. The molecule has 0 saturated carbocycles. The van der Waals surface area contributed by atoms with E-state index in [0.29, 0.717) is 5.69 Å². The molecule has 110 valence electrons. The van der Waals surface area contributed by atoms with E-state index in [9.17, 15) is 14.5 Å². The van der Waals surface area contributed by atoms with Crippen LogP contribution in [-0.2, 0) is 0 Å². The van der Waals surface area contributed by atoms with Crippen molar-refractivity contribution in [1.82, 2.24) is 0 Å². The van der Waals surface area contributed by atoms with Gasteiger partial charge in [0.1, 0.15) is 5.75 Å². The molecule has 0 bridgehead atoms. The molecule has 0 spiro atoms. The van der Waals surface area contributed by atoms with Crippen LogP contribution in [0.3, 0.4) is 0 Å². The number of halogens is 1. The SMILES string of the molecule is COc1ccccc1C(C)Nc1ccc([N+](=O)[O-])c(F)c1. The van der Waals surface area contributed by atoms with Crippen LogP contribution in [0.15, 0.2) is 42.5 Å². The van der Waals surface area contributed by atoms with Crippen molar-refractivity contribution in [2.45, 2.75) is 13.0 Å². The Morgan fingerprint density at radius 1 is 1.29 bits per heavy atom. The molecule has 1 N–H and O–H groups in total. The van der Waals surface area contributed by atoms with Crippen LogP contribution in [0.2, 0.25) is 0 Å². The maximum atomic E-state index is 13.6. The number of nitrogens with zero attached hydrogens (tertiary/aromatic N) is 1. The third kappa shape index (κ3) is 3.28. The number of ether oxygens (including phenoxy) is 1. The standard InChI is InChI=1S/C15H15FN2O3/c1-10(12-5-3-4-6-15(12)21-2)17-11-7-8-14(18(19)20)13(16)9-11/h3-10,17H,1-2H3. The predicted octanol–water partition coefficient (Wildman–Crippen LogP) is 3.92. The highest BCUT2D eigenvalue weighted by Gasteiger charge is 2.16. The van der Waals surface area contributed by atoms with Gasteiger partial charge in [0.2, 0.25) is 5.82 Å². The predicted molar refractivity (Wildman–Crippen MR) is 78.1 cm³/mol. The molecule has 0 aliphatic carbocycles. The molecule has 0 aliphatic rings. The Bertz CT molecular complexity index is 661. The zero-order chi connectivity index (χ0) is 15.4. The lowest BCUT2D eigenvalue weighted by molar-refractivity contribution is -0.387. The molecule has 0 aliphatic heterocycles. The molecule has 0 aromatic heterocycles. The minimum Gasteiger partial charge on any atom is -0.496 e. The fourth-order valence-electron chi connectivity index (χ4n) is 2.10. The van der Waals surface area contributed by atoms with E-state index in [1.807, 2.05) is 31.2 Å². The first-order chi connectivity index (χ1) is 10.0. The van der Waals surface area contributed by atoms with Crippen LogP contribution in [0.4, 0.5) is 15.8 Å². The molecule has 0 saturated heterocycles. The Labute approximate surface area is 121 Å². The number of benzene rings is 2. The number of nitrogens with one attached hydrogen (secondary N) is 1. The third-order valence-electron chi connectivity index (χ3n) is 3.13.